The fourth-order valence-electron chi connectivity index (χ4n) is 2.05. The van der Waals surface area contributed by atoms with Crippen molar-refractivity contribution in [3.8, 4) is 0 Å². The second kappa shape index (κ2) is 5.39. The molecule has 106 valence electrons. The zero-order valence-corrected chi connectivity index (χ0v) is 12.2. The molecule has 3 nitrogen and oxygen atoms in total. The van der Waals surface area contributed by atoms with E-state index >= 15 is 0 Å². The fourth-order valence-corrected chi connectivity index (χ4v) is 2.43. The smallest absolute Gasteiger partial charge is 0.143 e. The van der Waals surface area contributed by atoms with E-state index in [1.165, 1.54) is 12.1 Å². The number of pyridine rings is 1. The van der Waals surface area contributed by atoms with Gasteiger partial charge >= 0.3 is 0 Å². The number of benzene rings is 2. The molecule has 3 rings (SSSR count). The topological polar surface area (TPSA) is 50.9 Å². The van der Waals surface area contributed by atoms with Crippen LogP contribution < -0.4 is 11.1 Å². The molecule has 0 saturated heterocycles. The van der Waals surface area contributed by atoms with Crippen LogP contribution in [0, 0.1) is 5.82 Å². The van der Waals surface area contributed by atoms with E-state index in [4.69, 9.17) is 28.9 Å². The summed E-state index contributed by atoms with van der Waals surface area (Å²) in [5.41, 5.74) is 7.99. The molecule has 0 fully saturated rings. The summed E-state index contributed by atoms with van der Waals surface area (Å²) in [5, 5.41) is 4.53. The number of rotatable bonds is 2. The summed E-state index contributed by atoms with van der Waals surface area (Å²) in [6, 6.07) is 9.84. The van der Waals surface area contributed by atoms with Crippen LogP contribution in [0.2, 0.25) is 10.0 Å². The minimum absolute atomic E-state index is 0.00192. The Labute approximate surface area is 130 Å². The van der Waals surface area contributed by atoms with E-state index in [1.807, 2.05) is 6.07 Å². The Morgan fingerprint density at radius 1 is 1.05 bits per heavy atom. The van der Waals surface area contributed by atoms with E-state index in [-0.39, 0.29) is 10.7 Å². The standard InChI is InChI=1S/C15H10Cl2FN3/c16-9-3-4-13(15-8(9)2-1-5-20-15)21-14-6-10(17)11(18)7-12(14)19/h1-7,21H,19H2. The Bertz CT molecular complexity index is 837. The highest BCUT2D eigenvalue weighted by Crippen LogP contribution is 2.33. The number of nitrogens with zero attached hydrogens (tertiary/aromatic N) is 1. The molecule has 0 amide bonds. The van der Waals surface area contributed by atoms with E-state index in [9.17, 15) is 4.39 Å². The van der Waals surface area contributed by atoms with Gasteiger partial charge in [-0.1, -0.05) is 23.2 Å². The second-order valence-electron chi connectivity index (χ2n) is 4.47. The fraction of sp³-hybridized carbons (Fsp3) is 0. The van der Waals surface area contributed by atoms with E-state index in [0.29, 0.717) is 21.9 Å². The average molecular weight is 322 g/mol. The van der Waals surface area contributed by atoms with Crippen molar-refractivity contribution in [2.24, 2.45) is 0 Å². The number of aromatic nitrogens is 1. The van der Waals surface area contributed by atoms with Crippen LogP contribution in [-0.4, -0.2) is 4.98 Å². The summed E-state index contributed by atoms with van der Waals surface area (Å²) >= 11 is 11.9. The Morgan fingerprint density at radius 2 is 1.86 bits per heavy atom. The molecule has 0 aliphatic carbocycles. The second-order valence-corrected chi connectivity index (χ2v) is 5.29. The highest BCUT2D eigenvalue weighted by Gasteiger charge is 2.10. The maximum absolute atomic E-state index is 13.3. The Balaban J connectivity index is 2.11. The first-order chi connectivity index (χ1) is 10.1. The van der Waals surface area contributed by atoms with Crippen molar-refractivity contribution in [1.29, 1.82) is 0 Å². The highest BCUT2D eigenvalue weighted by atomic mass is 35.5. The minimum Gasteiger partial charge on any atom is -0.397 e. The molecule has 0 aliphatic heterocycles. The van der Waals surface area contributed by atoms with Crippen molar-refractivity contribution in [3.05, 3.63) is 58.5 Å². The largest absolute Gasteiger partial charge is 0.397 e. The Morgan fingerprint density at radius 3 is 2.67 bits per heavy atom. The first-order valence-corrected chi connectivity index (χ1v) is 6.86. The quantitative estimate of drug-likeness (QED) is 0.652. The maximum atomic E-state index is 13.3. The third kappa shape index (κ3) is 2.60. The van der Waals surface area contributed by atoms with Gasteiger partial charge < -0.3 is 11.1 Å². The molecule has 0 radical (unpaired) electrons. The molecule has 0 atom stereocenters. The van der Waals surface area contributed by atoms with Crippen molar-refractivity contribution in [2.75, 3.05) is 11.1 Å². The number of nitrogen functional groups attached to an aromatic ring is 1. The van der Waals surface area contributed by atoms with Crippen molar-refractivity contribution in [3.63, 3.8) is 0 Å². The molecule has 3 aromatic rings. The molecule has 21 heavy (non-hydrogen) atoms. The molecule has 0 saturated carbocycles. The van der Waals surface area contributed by atoms with Gasteiger partial charge in [-0.05, 0) is 30.3 Å². The predicted molar refractivity (Wildman–Crippen MR) is 85.9 cm³/mol. The molecular weight excluding hydrogens is 312 g/mol. The van der Waals surface area contributed by atoms with Gasteiger partial charge in [0.1, 0.15) is 5.82 Å². The predicted octanol–water partition coefficient (Wildman–Crippen LogP) is 5.01. The lowest BCUT2D eigenvalue weighted by atomic mass is 10.1. The van der Waals surface area contributed by atoms with E-state index in [0.717, 1.165) is 5.39 Å². The minimum atomic E-state index is -0.557. The third-order valence-corrected chi connectivity index (χ3v) is 3.70. The number of nitrogens with one attached hydrogen (secondary N) is 1. The first-order valence-electron chi connectivity index (χ1n) is 6.11. The lowest BCUT2D eigenvalue weighted by Crippen LogP contribution is -1.99. The van der Waals surface area contributed by atoms with Crippen molar-refractivity contribution < 1.29 is 4.39 Å². The van der Waals surface area contributed by atoms with Crippen LogP contribution in [0.5, 0.6) is 0 Å². The normalized spacial score (nSPS) is 10.8. The van der Waals surface area contributed by atoms with Gasteiger partial charge in [0, 0.05) is 17.6 Å². The summed E-state index contributed by atoms with van der Waals surface area (Å²) in [6.07, 6.45) is 1.67. The van der Waals surface area contributed by atoms with Gasteiger partial charge in [0.05, 0.1) is 32.6 Å². The summed E-state index contributed by atoms with van der Waals surface area (Å²) in [4.78, 5) is 4.31. The van der Waals surface area contributed by atoms with E-state index in [1.54, 1.807) is 24.4 Å². The monoisotopic (exact) mass is 321 g/mol. The lowest BCUT2D eigenvalue weighted by molar-refractivity contribution is 0.629. The van der Waals surface area contributed by atoms with Crippen LogP contribution in [0.3, 0.4) is 0 Å². The van der Waals surface area contributed by atoms with E-state index in [2.05, 4.69) is 10.3 Å². The molecule has 2 aromatic carbocycles. The van der Waals surface area contributed by atoms with Gasteiger partial charge in [-0.25, -0.2) is 4.39 Å². The van der Waals surface area contributed by atoms with Crippen LogP contribution in [0.1, 0.15) is 0 Å². The zero-order chi connectivity index (χ0) is 15.0. The van der Waals surface area contributed by atoms with Gasteiger partial charge in [0.25, 0.3) is 0 Å². The molecule has 0 bridgehead atoms. The van der Waals surface area contributed by atoms with Crippen LogP contribution >= 0.6 is 23.2 Å². The van der Waals surface area contributed by atoms with E-state index < -0.39 is 5.82 Å². The van der Waals surface area contributed by atoms with Gasteiger partial charge in [-0.3, -0.25) is 4.98 Å². The van der Waals surface area contributed by atoms with Crippen LogP contribution in [0.15, 0.2) is 42.6 Å². The molecule has 3 N–H and O–H groups in total. The molecule has 1 heterocycles. The number of fused-ring (bicyclic) bond motifs is 1. The van der Waals surface area contributed by atoms with Crippen LogP contribution in [0.4, 0.5) is 21.5 Å². The van der Waals surface area contributed by atoms with Gasteiger partial charge in [0.15, 0.2) is 0 Å². The first kappa shape index (κ1) is 13.9. The summed E-state index contributed by atoms with van der Waals surface area (Å²) in [5.74, 6) is -0.557. The SMILES string of the molecule is Nc1cc(F)c(Cl)cc1Nc1ccc(Cl)c2cccnc12. The van der Waals surface area contributed by atoms with Gasteiger partial charge in [0.2, 0.25) is 0 Å². The molecule has 0 unspecified atom stereocenters. The summed E-state index contributed by atoms with van der Waals surface area (Å²) < 4.78 is 13.3. The molecular formula is C15H10Cl2FN3. The van der Waals surface area contributed by atoms with Crippen LogP contribution in [-0.2, 0) is 0 Å². The third-order valence-electron chi connectivity index (χ3n) is 3.08. The Hall–Kier alpha value is -2.04. The molecule has 0 aliphatic rings. The van der Waals surface area contributed by atoms with Crippen molar-refractivity contribution >= 4 is 51.2 Å². The highest BCUT2D eigenvalue weighted by molar-refractivity contribution is 6.35. The van der Waals surface area contributed by atoms with Gasteiger partial charge in [-0.2, -0.15) is 0 Å². The van der Waals surface area contributed by atoms with Crippen molar-refractivity contribution in [1.82, 2.24) is 4.98 Å². The van der Waals surface area contributed by atoms with Gasteiger partial charge in [-0.15, -0.1) is 0 Å². The lowest BCUT2D eigenvalue weighted by Gasteiger charge is -2.12. The number of hydrogen-bond acceptors (Lipinski definition) is 3. The Kier molecular flexibility index (Phi) is 3.57. The maximum Gasteiger partial charge on any atom is 0.143 e. The zero-order valence-electron chi connectivity index (χ0n) is 10.7. The number of anilines is 3. The van der Waals surface area contributed by atoms with Crippen LogP contribution in [0.25, 0.3) is 10.9 Å². The number of nitrogens with two attached hydrogens (primary N) is 1. The molecule has 1 aromatic heterocycles. The summed E-state index contributed by atoms with van der Waals surface area (Å²) in [7, 11) is 0. The number of hydrogen-bond donors (Lipinski definition) is 2. The molecule has 6 heteroatoms. The average Bonchev–Trinajstić information content (AvgIpc) is 2.48. The number of halogens is 3. The molecule has 0 spiro atoms. The van der Waals surface area contributed by atoms with Crippen molar-refractivity contribution in [2.45, 2.75) is 0 Å². The summed E-state index contributed by atoms with van der Waals surface area (Å²) in [6.45, 7) is 0.